The first-order chi connectivity index (χ1) is 12.9. The van der Waals surface area contributed by atoms with Crippen LogP contribution in [-0.4, -0.2) is 15.6 Å². The summed E-state index contributed by atoms with van der Waals surface area (Å²) in [5.74, 6) is 0.339. The van der Waals surface area contributed by atoms with Gasteiger partial charge in [0.1, 0.15) is 6.54 Å². The Balaban J connectivity index is 1.85. The van der Waals surface area contributed by atoms with Crippen LogP contribution in [0, 0.1) is 5.92 Å². The molecule has 1 heterocycles. The molecule has 0 N–H and O–H groups in total. The zero-order valence-electron chi connectivity index (χ0n) is 15.4. The number of hydrogen-bond donors (Lipinski definition) is 0. The molecule has 0 amide bonds. The summed E-state index contributed by atoms with van der Waals surface area (Å²) in [6.45, 7) is 4.21. The number of carbonyl (C=O) groups is 1. The highest BCUT2D eigenvalue weighted by atomic mass is 35.5. The van der Waals surface area contributed by atoms with Gasteiger partial charge in [-0.05, 0) is 36.1 Å². The molecule has 0 spiro atoms. The first-order valence-electron chi connectivity index (χ1n) is 8.89. The molecule has 27 heavy (non-hydrogen) atoms. The lowest BCUT2D eigenvalue weighted by molar-refractivity contribution is 0.0966. The lowest BCUT2D eigenvalue weighted by atomic mass is 10.0. The van der Waals surface area contributed by atoms with Gasteiger partial charge in [0, 0.05) is 17.2 Å². The van der Waals surface area contributed by atoms with E-state index in [0.717, 1.165) is 12.0 Å². The summed E-state index contributed by atoms with van der Waals surface area (Å²) in [4.78, 5) is 24.6. The SMILES string of the molecule is CC(C)Cc1ccc(-c2ccc(=O)n(CC(=O)c3ccccc3Cl)n2)cc1. The van der Waals surface area contributed by atoms with Crippen LogP contribution in [0.2, 0.25) is 5.02 Å². The van der Waals surface area contributed by atoms with Gasteiger partial charge in [-0.1, -0.05) is 61.8 Å². The lowest BCUT2D eigenvalue weighted by Gasteiger charge is -2.09. The highest BCUT2D eigenvalue weighted by Gasteiger charge is 2.13. The highest BCUT2D eigenvalue weighted by Crippen LogP contribution is 2.19. The minimum absolute atomic E-state index is 0.151. The van der Waals surface area contributed by atoms with Crippen LogP contribution in [0.5, 0.6) is 0 Å². The van der Waals surface area contributed by atoms with Gasteiger partial charge in [-0.25, -0.2) is 4.68 Å². The van der Waals surface area contributed by atoms with Crippen molar-refractivity contribution in [2.45, 2.75) is 26.8 Å². The molecule has 0 aliphatic rings. The van der Waals surface area contributed by atoms with Crippen molar-refractivity contribution in [3.63, 3.8) is 0 Å². The third-order valence-corrected chi connectivity index (χ3v) is 4.56. The van der Waals surface area contributed by atoms with Crippen LogP contribution < -0.4 is 5.56 Å². The van der Waals surface area contributed by atoms with E-state index in [1.54, 1.807) is 30.3 Å². The Morgan fingerprint density at radius 2 is 1.74 bits per heavy atom. The molecule has 0 saturated heterocycles. The average Bonchev–Trinajstić information content (AvgIpc) is 2.64. The Morgan fingerprint density at radius 3 is 2.41 bits per heavy atom. The molecule has 3 aromatic rings. The molecular weight excluding hydrogens is 360 g/mol. The number of nitrogens with zero attached hydrogens (tertiary/aromatic N) is 2. The second-order valence-electron chi connectivity index (χ2n) is 6.91. The number of halogens is 1. The van der Waals surface area contributed by atoms with Gasteiger partial charge in [0.05, 0.1) is 10.7 Å². The van der Waals surface area contributed by atoms with Gasteiger partial charge in [0.2, 0.25) is 0 Å². The van der Waals surface area contributed by atoms with Crippen LogP contribution in [0.1, 0.15) is 29.8 Å². The number of aromatic nitrogens is 2. The summed E-state index contributed by atoms with van der Waals surface area (Å²) in [7, 11) is 0. The summed E-state index contributed by atoms with van der Waals surface area (Å²) in [5, 5.41) is 4.74. The Bertz CT molecular complexity index is 1010. The van der Waals surface area contributed by atoms with Crippen molar-refractivity contribution in [2.75, 3.05) is 0 Å². The van der Waals surface area contributed by atoms with E-state index in [2.05, 4.69) is 31.1 Å². The van der Waals surface area contributed by atoms with E-state index in [-0.39, 0.29) is 17.9 Å². The quantitative estimate of drug-likeness (QED) is 0.585. The molecule has 1 aromatic heterocycles. The van der Waals surface area contributed by atoms with Gasteiger partial charge in [-0.2, -0.15) is 5.10 Å². The number of Topliss-reactive ketones (excluding diaryl/α,β-unsaturated/α-hetero) is 1. The van der Waals surface area contributed by atoms with E-state index < -0.39 is 0 Å². The van der Waals surface area contributed by atoms with Gasteiger partial charge in [0.25, 0.3) is 5.56 Å². The Kier molecular flexibility index (Phi) is 5.87. The van der Waals surface area contributed by atoms with Crippen molar-refractivity contribution >= 4 is 17.4 Å². The predicted molar refractivity (Wildman–Crippen MR) is 108 cm³/mol. The number of hydrogen-bond acceptors (Lipinski definition) is 3. The molecule has 0 fully saturated rings. The first-order valence-corrected chi connectivity index (χ1v) is 9.27. The fraction of sp³-hybridized carbons (Fsp3) is 0.227. The number of ketones is 1. The molecule has 0 unspecified atom stereocenters. The van der Waals surface area contributed by atoms with Crippen molar-refractivity contribution in [1.82, 2.24) is 9.78 Å². The smallest absolute Gasteiger partial charge is 0.267 e. The number of benzene rings is 2. The zero-order valence-corrected chi connectivity index (χ0v) is 16.1. The van der Waals surface area contributed by atoms with E-state index >= 15 is 0 Å². The van der Waals surface area contributed by atoms with Crippen molar-refractivity contribution in [3.8, 4) is 11.3 Å². The molecule has 0 aliphatic carbocycles. The lowest BCUT2D eigenvalue weighted by Crippen LogP contribution is -2.26. The molecule has 5 heteroatoms. The first kappa shape index (κ1) is 19.1. The summed E-state index contributed by atoms with van der Waals surface area (Å²) in [6.07, 6.45) is 1.01. The maximum absolute atomic E-state index is 12.5. The zero-order chi connectivity index (χ0) is 19.4. The van der Waals surface area contributed by atoms with Crippen molar-refractivity contribution in [2.24, 2.45) is 5.92 Å². The molecule has 4 nitrogen and oxygen atoms in total. The van der Waals surface area contributed by atoms with Gasteiger partial charge in [-0.3, -0.25) is 9.59 Å². The molecule has 138 valence electrons. The van der Waals surface area contributed by atoms with E-state index in [0.29, 0.717) is 22.2 Å². The fourth-order valence-corrected chi connectivity index (χ4v) is 3.15. The van der Waals surface area contributed by atoms with Crippen LogP contribution in [-0.2, 0) is 13.0 Å². The third kappa shape index (κ3) is 4.72. The van der Waals surface area contributed by atoms with Crippen LogP contribution in [0.3, 0.4) is 0 Å². The van der Waals surface area contributed by atoms with Gasteiger partial charge in [-0.15, -0.1) is 0 Å². The van der Waals surface area contributed by atoms with Crippen molar-refractivity contribution < 1.29 is 4.79 Å². The predicted octanol–water partition coefficient (Wildman–Crippen LogP) is 4.65. The maximum atomic E-state index is 12.5. The standard InChI is InChI=1S/C22H21ClN2O2/c1-15(2)13-16-7-9-17(10-8-16)20-11-12-22(27)25(24-20)14-21(26)18-5-3-4-6-19(18)23/h3-12,15H,13-14H2,1-2H3. The van der Waals surface area contributed by atoms with Gasteiger partial charge < -0.3 is 0 Å². The van der Waals surface area contributed by atoms with Crippen LogP contribution in [0.15, 0.2) is 65.5 Å². The highest BCUT2D eigenvalue weighted by molar-refractivity contribution is 6.33. The van der Waals surface area contributed by atoms with Gasteiger partial charge >= 0.3 is 0 Å². The normalized spacial score (nSPS) is 11.0. The number of rotatable bonds is 6. The van der Waals surface area contributed by atoms with E-state index in [1.165, 1.54) is 16.3 Å². The summed E-state index contributed by atoms with van der Waals surface area (Å²) in [5.41, 5.74) is 2.88. The molecule has 0 radical (unpaired) electrons. The molecule has 3 rings (SSSR count). The minimum atomic E-state index is -0.324. The molecule has 0 bridgehead atoms. The van der Waals surface area contributed by atoms with Crippen molar-refractivity contribution in [1.29, 1.82) is 0 Å². The second-order valence-corrected chi connectivity index (χ2v) is 7.32. The van der Waals surface area contributed by atoms with Crippen molar-refractivity contribution in [3.05, 3.63) is 87.2 Å². The Hall–Kier alpha value is -2.72. The third-order valence-electron chi connectivity index (χ3n) is 4.23. The Morgan fingerprint density at radius 1 is 1.04 bits per heavy atom. The fourth-order valence-electron chi connectivity index (χ4n) is 2.91. The molecule has 0 atom stereocenters. The number of carbonyl (C=O) groups excluding carboxylic acids is 1. The van der Waals surface area contributed by atoms with Crippen LogP contribution in [0.4, 0.5) is 0 Å². The summed E-state index contributed by atoms with van der Waals surface area (Å²) in [6, 6.07) is 18.0. The maximum Gasteiger partial charge on any atom is 0.267 e. The molecule has 0 saturated carbocycles. The second kappa shape index (κ2) is 8.31. The molecule has 0 aliphatic heterocycles. The average molecular weight is 381 g/mol. The monoisotopic (exact) mass is 380 g/mol. The summed E-state index contributed by atoms with van der Waals surface area (Å²) < 4.78 is 1.18. The van der Waals surface area contributed by atoms with E-state index in [1.807, 2.05) is 12.1 Å². The largest absolute Gasteiger partial charge is 0.292 e. The topological polar surface area (TPSA) is 52.0 Å². The van der Waals surface area contributed by atoms with Crippen LogP contribution in [0.25, 0.3) is 11.3 Å². The minimum Gasteiger partial charge on any atom is -0.292 e. The van der Waals surface area contributed by atoms with E-state index in [9.17, 15) is 9.59 Å². The molecule has 2 aromatic carbocycles. The Labute approximate surface area is 163 Å². The van der Waals surface area contributed by atoms with Gasteiger partial charge in [0.15, 0.2) is 5.78 Å². The van der Waals surface area contributed by atoms with Crippen LogP contribution >= 0.6 is 11.6 Å². The van der Waals surface area contributed by atoms with E-state index in [4.69, 9.17) is 11.6 Å². The molecular formula is C22H21ClN2O2. The summed E-state index contributed by atoms with van der Waals surface area (Å²) >= 11 is 6.07.